The second-order valence-corrected chi connectivity index (χ2v) is 7.78. The molecule has 2 heterocycles. The summed E-state index contributed by atoms with van der Waals surface area (Å²) in [7, 11) is 0. The molecule has 0 saturated carbocycles. The first-order chi connectivity index (χ1) is 9.69. The van der Waals surface area contributed by atoms with Crippen LogP contribution in [0.5, 0.6) is 0 Å². The molecule has 2 nitrogen and oxygen atoms in total. The Morgan fingerprint density at radius 3 is 2.85 bits per heavy atom. The highest BCUT2D eigenvalue weighted by molar-refractivity contribution is 7.98. The van der Waals surface area contributed by atoms with E-state index in [1.807, 2.05) is 35.2 Å². The molecule has 20 heavy (non-hydrogen) atoms. The Labute approximate surface area is 136 Å². The molecular formula is C14H14Cl2N2S2. The van der Waals surface area contributed by atoms with Gasteiger partial charge in [-0.05, 0) is 47.6 Å². The molecule has 1 aliphatic heterocycles. The summed E-state index contributed by atoms with van der Waals surface area (Å²) in [6.45, 7) is 0. The summed E-state index contributed by atoms with van der Waals surface area (Å²) in [6.07, 6.45) is 1.14. The van der Waals surface area contributed by atoms with Crippen molar-refractivity contribution in [2.24, 2.45) is 5.84 Å². The number of nitrogens with one attached hydrogen (secondary N) is 1. The normalized spacial score (nSPS) is 15.9. The van der Waals surface area contributed by atoms with E-state index in [1.165, 1.54) is 21.1 Å². The van der Waals surface area contributed by atoms with Gasteiger partial charge in [-0.2, -0.15) is 11.8 Å². The first kappa shape index (κ1) is 14.7. The van der Waals surface area contributed by atoms with Crippen LogP contribution < -0.4 is 11.3 Å². The van der Waals surface area contributed by atoms with E-state index in [0.717, 1.165) is 17.7 Å². The molecular weight excluding hydrogens is 331 g/mol. The van der Waals surface area contributed by atoms with Gasteiger partial charge in [0.15, 0.2) is 0 Å². The maximum atomic E-state index is 6.29. The number of hydrogen-bond acceptors (Lipinski definition) is 4. The lowest BCUT2D eigenvalue weighted by atomic mass is 10.1. The Morgan fingerprint density at radius 2 is 2.10 bits per heavy atom. The second kappa shape index (κ2) is 6.26. The van der Waals surface area contributed by atoms with Gasteiger partial charge >= 0.3 is 0 Å². The molecule has 0 bridgehead atoms. The SMILES string of the molecule is NNC(c1cc2c(s1)CCSC2)c1cc(Cl)ccc1Cl. The lowest BCUT2D eigenvalue weighted by Crippen LogP contribution is -2.28. The molecule has 1 unspecified atom stereocenters. The topological polar surface area (TPSA) is 38.0 Å². The molecule has 0 amide bonds. The zero-order valence-electron chi connectivity index (χ0n) is 10.7. The van der Waals surface area contributed by atoms with Gasteiger partial charge in [0.25, 0.3) is 0 Å². The zero-order chi connectivity index (χ0) is 14.1. The van der Waals surface area contributed by atoms with E-state index in [-0.39, 0.29) is 6.04 Å². The summed E-state index contributed by atoms with van der Waals surface area (Å²) in [5, 5.41) is 1.35. The summed E-state index contributed by atoms with van der Waals surface area (Å²) < 4.78 is 0. The van der Waals surface area contributed by atoms with E-state index in [2.05, 4.69) is 11.5 Å². The van der Waals surface area contributed by atoms with Crippen molar-refractivity contribution in [3.05, 3.63) is 55.2 Å². The number of benzene rings is 1. The number of hydrogen-bond donors (Lipinski definition) is 2. The summed E-state index contributed by atoms with van der Waals surface area (Å²) in [5.74, 6) is 8.05. The fraction of sp³-hybridized carbons (Fsp3) is 0.286. The number of nitrogens with two attached hydrogens (primary N) is 1. The van der Waals surface area contributed by atoms with Gasteiger partial charge in [-0.1, -0.05) is 23.2 Å². The molecule has 0 saturated heterocycles. The number of thioether (sulfide) groups is 1. The molecule has 6 heteroatoms. The highest BCUT2D eigenvalue weighted by Gasteiger charge is 2.21. The molecule has 0 aliphatic carbocycles. The first-order valence-corrected chi connectivity index (χ1v) is 9.02. The van der Waals surface area contributed by atoms with Gasteiger partial charge in [-0.25, -0.2) is 5.43 Å². The lowest BCUT2D eigenvalue weighted by Gasteiger charge is -2.16. The fourth-order valence-corrected chi connectivity index (χ4v) is 5.24. The van der Waals surface area contributed by atoms with Crippen LogP contribution in [-0.4, -0.2) is 5.75 Å². The number of hydrazine groups is 1. The number of halogens is 2. The maximum absolute atomic E-state index is 6.29. The minimum atomic E-state index is -0.109. The molecule has 106 valence electrons. The molecule has 3 rings (SSSR count). The van der Waals surface area contributed by atoms with Gasteiger partial charge in [-0.15, -0.1) is 11.3 Å². The highest BCUT2D eigenvalue weighted by atomic mass is 35.5. The average Bonchev–Trinajstić information content (AvgIpc) is 2.87. The predicted octanol–water partition coefficient (Wildman–Crippen LogP) is 4.40. The first-order valence-electron chi connectivity index (χ1n) is 6.29. The van der Waals surface area contributed by atoms with E-state index in [1.54, 1.807) is 6.07 Å². The van der Waals surface area contributed by atoms with Crippen molar-refractivity contribution in [3.63, 3.8) is 0 Å². The standard InChI is InChI=1S/C14H14Cl2N2S2/c15-9-1-2-11(16)10(6-9)14(18-17)13-5-8-7-19-4-3-12(8)20-13/h1-2,5-6,14,18H,3-4,7,17H2. The molecule has 1 aromatic heterocycles. The van der Waals surface area contributed by atoms with Gasteiger partial charge in [-0.3, -0.25) is 5.84 Å². The smallest absolute Gasteiger partial charge is 0.0817 e. The zero-order valence-corrected chi connectivity index (χ0v) is 13.8. The van der Waals surface area contributed by atoms with Gasteiger partial charge < -0.3 is 0 Å². The quantitative estimate of drug-likeness (QED) is 0.640. The van der Waals surface area contributed by atoms with Crippen molar-refractivity contribution in [3.8, 4) is 0 Å². The average molecular weight is 345 g/mol. The predicted molar refractivity (Wildman–Crippen MR) is 89.8 cm³/mol. The van der Waals surface area contributed by atoms with Crippen LogP contribution in [0.25, 0.3) is 0 Å². The largest absolute Gasteiger partial charge is 0.271 e. The maximum Gasteiger partial charge on any atom is 0.0817 e. The minimum Gasteiger partial charge on any atom is -0.271 e. The third kappa shape index (κ3) is 2.86. The molecule has 2 aromatic rings. The third-order valence-electron chi connectivity index (χ3n) is 3.37. The Bertz CT molecular complexity index is 604. The fourth-order valence-electron chi connectivity index (χ4n) is 2.37. The van der Waals surface area contributed by atoms with Gasteiger partial charge in [0.1, 0.15) is 0 Å². The molecule has 1 aromatic carbocycles. The second-order valence-electron chi connectivity index (χ2n) is 4.67. The molecule has 3 N–H and O–H groups in total. The Balaban J connectivity index is 2.01. The van der Waals surface area contributed by atoms with Crippen LogP contribution >= 0.6 is 46.3 Å². The summed E-state index contributed by atoms with van der Waals surface area (Å²) in [5.41, 5.74) is 5.23. The van der Waals surface area contributed by atoms with Crippen LogP contribution in [0, 0.1) is 0 Å². The molecule has 0 fully saturated rings. The Morgan fingerprint density at radius 1 is 1.25 bits per heavy atom. The Kier molecular flexibility index (Phi) is 4.60. The molecule has 0 spiro atoms. The summed E-state index contributed by atoms with van der Waals surface area (Å²) >= 11 is 16.2. The van der Waals surface area contributed by atoms with Crippen molar-refractivity contribution in [2.45, 2.75) is 18.2 Å². The van der Waals surface area contributed by atoms with E-state index in [4.69, 9.17) is 29.0 Å². The van der Waals surface area contributed by atoms with Crippen LogP contribution in [0.2, 0.25) is 10.0 Å². The Hall–Kier alpha value is -0.230. The number of rotatable bonds is 3. The van der Waals surface area contributed by atoms with Crippen LogP contribution in [0.15, 0.2) is 24.3 Å². The van der Waals surface area contributed by atoms with Crippen molar-refractivity contribution < 1.29 is 0 Å². The number of fused-ring (bicyclic) bond motifs is 1. The lowest BCUT2D eigenvalue weighted by molar-refractivity contribution is 0.646. The van der Waals surface area contributed by atoms with E-state index in [9.17, 15) is 0 Å². The van der Waals surface area contributed by atoms with Crippen molar-refractivity contribution >= 4 is 46.3 Å². The van der Waals surface area contributed by atoms with E-state index in [0.29, 0.717) is 10.0 Å². The van der Waals surface area contributed by atoms with Crippen LogP contribution in [-0.2, 0) is 12.2 Å². The van der Waals surface area contributed by atoms with Crippen molar-refractivity contribution in [1.29, 1.82) is 0 Å². The molecule has 1 aliphatic rings. The van der Waals surface area contributed by atoms with E-state index >= 15 is 0 Å². The third-order valence-corrected chi connectivity index (χ3v) is 6.26. The van der Waals surface area contributed by atoms with Crippen molar-refractivity contribution in [2.75, 3.05) is 5.75 Å². The van der Waals surface area contributed by atoms with Crippen LogP contribution in [0.1, 0.15) is 26.9 Å². The monoisotopic (exact) mass is 344 g/mol. The summed E-state index contributed by atoms with van der Waals surface area (Å²) in [4.78, 5) is 2.67. The van der Waals surface area contributed by atoms with Gasteiger partial charge in [0.05, 0.1) is 6.04 Å². The molecule has 0 radical (unpaired) electrons. The summed E-state index contributed by atoms with van der Waals surface area (Å²) in [6, 6.07) is 7.61. The van der Waals surface area contributed by atoms with Crippen LogP contribution in [0.3, 0.4) is 0 Å². The van der Waals surface area contributed by atoms with Gasteiger partial charge in [0, 0.05) is 25.6 Å². The minimum absolute atomic E-state index is 0.109. The highest BCUT2D eigenvalue weighted by Crippen LogP contribution is 2.38. The number of thiophene rings is 1. The number of aryl methyl sites for hydroxylation is 1. The molecule has 1 atom stereocenters. The van der Waals surface area contributed by atoms with Crippen LogP contribution in [0.4, 0.5) is 0 Å². The van der Waals surface area contributed by atoms with Gasteiger partial charge in [0.2, 0.25) is 0 Å². The van der Waals surface area contributed by atoms with E-state index < -0.39 is 0 Å². The van der Waals surface area contributed by atoms with Crippen molar-refractivity contribution in [1.82, 2.24) is 5.43 Å².